The van der Waals surface area contributed by atoms with E-state index in [2.05, 4.69) is 25.6 Å². The maximum atomic E-state index is 13.4. The molecule has 1 aromatic carbocycles. The van der Waals surface area contributed by atoms with Gasteiger partial charge in [-0.25, -0.2) is 4.98 Å². The van der Waals surface area contributed by atoms with E-state index >= 15 is 0 Å². The molecule has 0 atom stereocenters. The van der Waals surface area contributed by atoms with Gasteiger partial charge in [0.05, 0.1) is 31.0 Å². The predicted molar refractivity (Wildman–Crippen MR) is 151 cm³/mol. The first-order valence-electron chi connectivity index (χ1n) is 13.3. The van der Waals surface area contributed by atoms with E-state index in [0.717, 1.165) is 28.9 Å². The molecular formula is C28H35N9O2. The monoisotopic (exact) mass is 529 g/mol. The second-order valence-electron chi connectivity index (χ2n) is 10.8. The first kappa shape index (κ1) is 26.3. The van der Waals surface area contributed by atoms with Crippen LogP contribution in [-0.4, -0.2) is 52.1 Å². The van der Waals surface area contributed by atoms with E-state index in [1.165, 1.54) is 6.34 Å². The summed E-state index contributed by atoms with van der Waals surface area (Å²) in [5.41, 5.74) is 13.6. The van der Waals surface area contributed by atoms with Crippen molar-refractivity contribution in [2.24, 2.45) is 27.3 Å². The minimum atomic E-state index is -0.477. The molecule has 3 fully saturated rings. The molecule has 7 N–H and O–H groups in total. The quantitative estimate of drug-likeness (QED) is 0.270. The highest BCUT2D eigenvalue weighted by atomic mass is 16.2. The number of aromatic nitrogens is 2. The summed E-state index contributed by atoms with van der Waals surface area (Å²) in [6.45, 7) is 1.75. The molecule has 2 amide bonds. The minimum Gasteiger partial charge on any atom is -0.390 e. The van der Waals surface area contributed by atoms with Gasteiger partial charge in [-0.3, -0.25) is 25.0 Å². The molecule has 1 aliphatic heterocycles. The molecule has 3 aliphatic carbocycles. The van der Waals surface area contributed by atoms with Crippen LogP contribution in [0.2, 0.25) is 0 Å². The third-order valence-electron chi connectivity index (χ3n) is 8.57. The third-order valence-corrected chi connectivity index (χ3v) is 8.57. The number of nitrogens with zero attached hydrogens (tertiary/aromatic N) is 4. The highest BCUT2D eigenvalue weighted by Crippen LogP contribution is 2.57. The van der Waals surface area contributed by atoms with Crippen molar-refractivity contribution in [1.82, 2.24) is 14.9 Å². The van der Waals surface area contributed by atoms with Crippen molar-refractivity contribution in [3.63, 3.8) is 0 Å². The van der Waals surface area contributed by atoms with Gasteiger partial charge in [0.1, 0.15) is 0 Å². The average molecular weight is 530 g/mol. The summed E-state index contributed by atoms with van der Waals surface area (Å²) in [6, 6.07) is 7.64. The van der Waals surface area contributed by atoms with E-state index in [-0.39, 0.29) is 17.8 Å². The number of benzene rings is 1. The van der Waals surface area contributed by atoms with Crippen LogP contribution in [0.4, 0.5) is 11.5 Å². The summed E-state index contributed by atoms with van der Waals surface area (Å²) in [6.07, 6.45) is 11.4. The lowest BCUT2D eigenvalue weighted by molar-refractivity contribution is -0.144. The smallest absolute Gasteiger partial charge is 0.231 e. The van der Waals surface area contributed by atoms with Crippen molar-refractivity contribution in [3.8, 4) is 0 Å². The Morgan fingerprint density at radius 2 is 1.64 bits per heavy atom. The minimum absolute atomic E-state index is 0.0360. The van der Waals surface area contributed by atoms with Gasteiger partial charge in [0.2, 0.25) is 11.8 Å². The lowest BCUT2D eigenvalue weighted by atomic mass is 9.53. The number of guanidine groups is 1. The Hall–Kier alpha value is -4.28. The molecule has 6 rings (SSSR count). The van der Waals surface area contributed by atoms with Crippen LogP contribution in [0.5, 0.6) is 0 Å². The van der Waals surface area contributed by atoms with E-state index in [0.29, 0.717) is 64.0 Å². The maximum Gasteiger partial charge on any atom is 0.231 e. The highest BCUT2D eigenvalue weighted by molar-refractivity contribution is 5.98. The second kappa shape index (κ2) is 10.8. The molecule has 2 aromatic rings. The van der Waals surface area contributed by atoms with E-state index in [9.17, 15) is 9.59 Å². The number of fused-ring (bicyclic) bond motifs is 3. The summed E-state index contributed by atoms with van der Waals surface area (Å²) < 4.78 is 0. The summed E-state index contributed by atoms with van der Waals surface area (Å²) in [5, 5.41) is 13.6. The van der Waals surface area contributed by atoms with E-state index in [1.54, 1.807) is 17.3 Å². The van der Waals surface area contributed by atoms with Crippen LogP contribution in [0.15, 0.2) is 47.7 Å². The van der Waals surface area contributed by atoms with Gasteiger partial charge >= 0.3 is 0 Å². The molecule has 0 unspecified atom stereocenters. The Kier molecular flexibility index (Phi) is 7.32. The number of carbonyl (C=O) groups is 2. The van der Waals surface area contributed by atoms with Crippen molar-refractivity contribution in [2.75, 3.05) is 23.7 Å². The fourth-order valence-electron chi connectivity index (χ4n) is 5.91. The van der Waals surface area contributed by atoms with Crippen LogP contribution in [-0.2, 0) is 16.1 Å². The van der Waals surface area contributed by atoms with Crippen LogP contribution in [0, 0.1) is 16.2 Å². The molecular weight excluding hydrogens is 494 g/mol. The van der Waals surface area contributed by atoms with Gasteiger partial charge in [-0.05, 0) is 68.2 Å². The lowest BCUT2D eigenvalue weighted by Crippen LogP contribution is -2.52. The van der Waals surface area contributed by atoms with Crippen molar-refractivity contribution in [3.05, 3.63) is 54.0 Å². The number of rotatable bonds is 7. The molecule has 204 valence electrons. The van der Waals surface area contributed by atoms with Crippen molar-refractivity contribution in [2.45, 2.75) is 51.5 Å². The molecule has 11 heteroatoms. The summed E-state index contributed by atoms with van der Waals surface area (Å²) in [4.78, 5) is 41.4. The average Bonchev–Trinajstić information content (AvgIpc) is 2.98. The molecule has 39 heavy (non-hydrogen) atoms. The zero-order chi connectivity index (χ0) is 27.5. The Morgan fingerprint density at radius 3 is 2.15 bits per heavy atom. The van der Waals surface area contributed by atoms with Crippen LogP contribution < -0.4 is 22.1 Å². The Morgan fingerprint density at radius 1 is 1.00 bits per heavy atom. The highest BCUT2D eigenvalue weighted by Gasteiger charge is 2.55. The second-order valence-corrected chi connectivity index (χ2v) is 10.8. The van der Waals surface area contributed by atoms with E-state index in [1.807, 2.05) is 30.3 Å². The van der Waals surface area contributed by atoms with Gasteiger partial charge in [-0.1, -0.05) is 18.2 Å². The maximum absolute atomic E-state index is 13.4. The number of anilines is 2. The first-order chi connectivity index (χ1) is 18.8. The van der Waals surface area contributed by atoms with Crippen LogP contribution in [0.25, 0.3) is 5.57 Å². The number of hydrogen-bond donors (Lipinski definition) is 5. The van der Waals surface area contributed by atoms with Crippen LogP contribution in [0.3, 0.4) is 0 Å². The summed E-state index contributed by atoms with van der Waals surface area (Å²) >= 11 is 0. The topological polar surface area (TPSA) is 175 Å². The normalized spacial score (nSPS) is 24.3. The lowest BCUT2D eigenvalue weighted by Gasteiger charge is -2.51. The van der Waals surface area contributed by atoms with Crippen molar-refractivity contribution in [1.29, 1.82) is 5.41 Å². The fourth-order valence-corrected chi connectivity index (χ4v) is 5.91. The molecule has 0 saturated heterocycles. The zero-order valence-corrected chi connectivity index (χ0v) is 21.9. The number of aliphatic imine (C=N–C) groups is 1. The molecule has 11 nitrogen and oxygen atoms in total. The summed E-state index contributed by atoms with van der Waals surface area (Å²) in [5.74, 6) is 0.495. The van der Waals surface area contributed by atoms with Gasteiger partial charge in [0, 0.05) is 29.6 Å². The van der Waals surface area contributed by atoms with Crippen LogP contribution in [0.1, 0.15) is 56.2 Å². The SMILES string of the molecule is N=C(N)N1CC=C(c2cnc(NC(=O)C34CCC(C(=O)Nc5ccc(CN=CN)cc5)(CC3)CC4)cn2)CC1. The zero-order valence-electron chi connectivity index (χ0n) is 21.9. The van der Waals surface area contributed by atoms with Crippen molar-refractivity contribution < 1.29 is 9.59 Å². The standard InChI is InChI=1S/C28H35N9O2/c29-18-32-15-19-1-3-21(4-2-19)35-24(38)27-7-10-28(11-8-27,12-9-27)25(39)36-23-17-33-22(16-34-23)20-5-13-37(14-6-20)26(30)31/h1-5,16-18H,6-15H2,(H2,29,32)(H3,30,31)(H,35,38)(H,34,36,39). The first-order valence-corrected chi connectivity index (χ1v) is 13.3. The Labute approximate surface area is 227 Å². The molecule has 2 bridgehead atoms. The van der Waals surface area contributed by atoms with Gasteiger partial charge in [-0.2, -0.15) is 0 Å². The number of hydrogen-bond acceptors (Lipinski definition) is 6. The summed E-state index contributed by atoms with van der Waals surface area (Å²) in [7, 11) is 0. The molecule has 1 aromatic heterocycles. The molecule has 2 heterocycles. The Balaban J connectivity index is 1.16. The van der Waals surface area contributed by atoms with Crippen molar-refractivity contribution >= 4 is 41.2 Å². The largest absolute Gasteiger partial charge is 0.390 e. The van der Waals surface area contributed by atoms with E-state index in [4.69, 9.17) is 16.9 Å². The number of carbonyl (C=O) groups excluding carboxylic acids is 2. The third kappa shape index (κ3) is 5.47. The molecule has 0 radical (unpaired) electrons. The van der Waals surface area contributed by atoms with Gasteiger partial charge in [0.25, 0.3) is 0 Å². The molecule has 0 spiro atoms. The fraction of sp³-hybridized carbons (Fsp3) is 0.429. The number of nitrogens with one attached hydrogen (secondary N) is 3. The Bertz CT molecular complexity index is 1280. The van der Waals surface area contributed by atoms with Gasteiger partial charge in [-0.15, -0.1) is 0 Å². The van der Waals surface area contributed by atoms with Crippen LogP contribution >= 0.6 is 0 Å². The van der Waals surface area contributed by atoms with E-state index < -0.39 is 10.8 Å². The number of nitrogens with two attached hydrogens (primary N) is 2. The number of amides is 2. The van der Waals surface area contributed by atoms with Gasteiger partial charge < -0.3 is 27.0 Å². The molecule has 4 aliphatic rings. The van der Waals surface area contributed by atoms with Gasteiger partial charge in [0.15, 0.2) is 11.8 Å². The predicted octanol–water partition coefficient (Wildman–Crippen LogP) is 2.86. The molecule has 3 saturated carbocycles.